The SMILES string of the molecule is CC(C)(C)OC(=O)N1Cc2cn(Cc3cc4c(c(C(F)(F)F)c3)CN(c3ccccc3)C4=O)nc2C1.Cn1cnnc1CC1CCC1. The molecule has 2 aliphatic heterocycles. The van der Waals surface area contributed by atoms with Gasteiger partial charge in [-0.25, -0.2) is 4.79 Å². The molecule has 2 aromatic heterocycles. The maximum absolute atomic E-state index is 14.0. The number of rotatable bonds is 5. The minimum absolute atomic E-state index is 0.0175. The molecule has 0 saturated heterocycles. The zero-order valence-corrected chi connectivity index (χ0v) is 26.9. The summed E-state index contributed by atoms with van der Waals surface area (Å²) < 4.78 is 50.9. The molecule has 1 saturated carbocycles. The Labute approximate surface area is 271 Å². The number of anilines is 1. The minimum Gasteiger partial charge on any atom is -0.444 e. The molecule has 248 valence electrons. The Hall–Kier alpha value is -4.68. The van der Waals surface area contributed by atoms with Crippen molar-refractivity contribution in [3.63, 3.8) is 0 Å². The summed E-state index contributed by atoms with van der Waals surface area (Å²) in [6.45, 7) is 5.87. The second kappa shape index (κ2) is 12.5. The molecule has 1 aliphatic carbocycles. The molecule has 13 heteroatoms. The van der Waals surface area contributed by atoms with Crippen LogP contribution in [0.5, 0.6) is 0 Å². The van der Waals surface area contributed by atoms with Gasteiger partial charge in [0.2, 0.25) is 0 Å². The van der Waals surface area contributed by atoms with Gasteiger partial charge < -0.3 is 14.2 Å². The number of amides is 2. The molecule has 7 rings (SSSR count). The summed E-state index contributed by atoms with van der Waals surface area (Å²) in [5, 5.41) is 12.4. The molecule has 0 atom stereocenters. The fraction of sp³-hybridized carbons (Fsp3) is 0.441. The summed E-state index contributed by atoms with van der Waals surface area (Å²) in [7, 11) is 2.01. The smallest absolute Gasteiger partial charge is 0.416 e. The van der Waals surface area contributed by atoms with Gasteiger partial charge in [0.25, 0.3) is 5.91 Å². The standard InChI is InChI=1S/C26H25F3N4O3.C8H13N3/c1-25(2,3)36-24(35)31-12-17-13-32(30-22(17)15-31)11-16-9-19-20(21(10-16)26(27,28)29)14-33(23(19)34)18-7-5-4-6-8-18;1-11-6-9-10-8(11)5-7-3-2-4-7/h4-10,13H,11-12,14-15H2,1-3H3;6-7H,2-5H2,1H3. The molecule has 2 aromatic carbocycles. The topological polar surface area (TPSA) is 98.4 Å². The van der Waals surface area contributed by atoms with E-state index in [0.29, 0.717) is 23.5 Å². The normalized spacial score (nSPS) is 16.0. The van der Waals surface area contributed by atoms with Gasteiger partial charge in [0.1, 0.15) is 17.8 Å². The van der Waals surface area contributed by atoms with Gasteiger partial charge in [0.05, 0.1) is 37.4 Å². The van der Waals surface area contributed by atoms with Crippen molar-refractivity contribution >= 4 is 17.7 Å². The largest absolute Gasteiger partial charge is 0.444 e. The maximum Gasteiger partial charge on any atom is 0.416 e. The molecular formula is C34H38F3N7O3. The molecule has 0 N–H and O–H groups in total. The van der Waals surface area contributed by atoms with Crippen LogP contribution in [0.2, 0.25) is 0 Å². The summed E-state index contributed by atoms with van der Waals surface area (Å²) in [4.78, 5) is 28.3. The third-order valence-corrected chi connectivity index (χ3v) is 8.60. The Morgan fingerprint density at radius 2 is 1.79 bits per heavy atom. The summed E-state index contributed by atoms with van der Waals surface area (Å²) in [5.74, 6) is 1.56. The van der Waals surface area contributed by atoms with E-state index < -0.39 is 29.3 Å². The molecule has 47 heavy (non-hydrogen) atoms. The van der Waals surface area contributed by atoms with Crippen LogP contribution in [0.4, 0.5) is 23.7 Å². The lowest BCUT2D eigenvalue weighted by molar-refractivity contribution is -0.138. The second-order valence-electron chi connectivity index (χ2n) is 13.4. The van der Waals surface area contributed by atoms with Crippen molar-refractivity contribution < 1.29 is 27.5 Å². The van der Waals surface area contributed by atoms with Crippen LogP contribution < -0.4 is 4.90 Å². The quantitative estimate of drug-likeness (QED) is 0.244. The van der Waals surface area contributed by atoms with Crippen LogP contribution in [0.1, 0.15) is 84.2 Å². The fourth-order valence-corrected chi connectivity index (χ4v) is 6.01. The van der Waals surface area contributed by atoms with Crippen molar-refractivity contribution in [3.05, 3.63) is 94.3 Å². The third-order valence-electron chi connectivity index (χ3n) is 8.60. The van der Waals surface area contributed by atoms with Crippen molar-refractivity contribution in [2.75, 3.05) is 4.90 Å². The van der Waals surface area contributed by atoms with Crippen molar-refractivity contribution in [2.24, 2.45) is 13.0 Å². The average Bonchev–Trinajstić information content (AvgIpc) is 3.73. The van der Waals surface area contributed by atoms with Gasteiger partial charge >= 0.3 is 12.3 Å². The first kappa shape index (κ1) is 32.3. The first-order valence-corrected chi connectivity index (χ1v) is 15.7. The molecule has 0 unspecified atom stereocenters. The molecule has 4 heterocycles. The van der Waals surface area contributed by atoms with Crippen LogP contribution in [-0.2, 0) is 50.6 Å². The highest BCUT2D eigenvalue weighted by atomic mass is 19.4. The van der Waals surface area contributed by atoms with Gasteiger partial charge in [-0.1, -0.05) is 37.5 Å². The number of aromatic nitrogens is 5. The van der Waals surface area contributed by atoms with Crippen LogP contribution in [0, 0.1) is 5.92 Å². The number of alkyl halides is 3. The monoisotopic (exact) mass is 649 g/mol. The highest BCUT2D eigenvalue weighted by Gasteiger charge is 2.40. The minimum atomic E-state index is -4.60. The predicted octanol–water partition coefficient (Wildman–Crippen LogP) is 6.52. The van der Waals surface area contributed by atoms with E-state index in [2.05, 4.69) is 15.3 Å². The van der Waals surface area contributed by atoms with E-state index in [-0.39, 0.29) is 30.8 Å². The van der Waals surface area contributed by atoms with Gasteiger partial charge in [-0.3, -0.25) is 14.4 Å². The molecule has 3 aliphatic rings. The Bertz CT molecular complexity index is 1750. The molecule has 1 fully saturated rings. The number of nitrogens with zero attached hydrogens (tertiary/aromatic N) is 7. The molecular weight excluding hydrogens is 611 g/mol. The van der Waals surface area contributed by atoms with Crippen molar-refractivity contribution in [2.45, 2.75) is 84.4 Å². The van der Waals surface area contributed by atoms with E-state index in [9.17, 15) is 22.8 Å². The molecule has 0 radical (unpaired) electrons. The van der Waals surface area contributed by atoms with Crippen LogP contribution in [0.3, 0.4) is 0 Å². The highest BCUT2D eigenvalue weighted by molar-refractivity contribution is 6.10. The summed E-state index contributed by atoms with van der Waals surface area (Å²) in [6.07, 6.45) is 3.74. The van der Waals surface area contributed by atoms with Crippen molar-refractivity contribution in [3.8, 4) is 0 Å². The first-order valence-electron chi connectivity index (χ1n) is 15.7. The maximum atomic E-state index is 14.0. The number of ether oxygens (including phenoxy) is 1. The summed E-state index contributed by atoms with van der Waals surface area (Å²) >= 11 is 0. The Morgan fingerprint density at radius 3 is 2.38 bits per heavy atom. The van der Waals surface area contributed by atoms with E-state index in [0.717, 1.165) is 29.8 Å². The zero-order valence-electron chi connectivity index (χ0n) is 26.9. The summed E-state index contributed by atoms with van der Waals surface area (Å²) in [6, 6.07) is 11.3. The zero-order chi connectivity index (χ0) is 33.5. The molecule has 10 nitrogen and oxygen atoms in total. The highest BCUT2D eigenvalue weighted by Crippen LogP contribution is 2.39. The number of halogens is 3. The van der Waals surface area contributed by atoms with Crippen molar-refractivity contribution in [1.82, 2.24) is 29.4 Å². The van der Waals surface area contributed by atoms with E-state index in [1.165, 1.54) is 35.1 Å². The average molecular weight is 650 g/mol. The van der Waals surface area contributed by atoms with Crippen molar-refractivity contribution in [1.29, 1.82) is 0 Å². The van der Waals surface area contributed by atoms with Gasteiger partial charge in [0.15, 0.2) is 0 Å². The molecule has 0 spiro atoms. The lowest BCUT2D eigenvalue weighted by Crippen LogP contribution is -2.33. The lowest BCUT2D eigenvalue weighted by Gasteiger charge is -2.24. The van der Waals surface area contributed by atoms with Gasteiger partial charge in [-0.05, 0) is 62.1 Å². The fourth-order valence-electron chi connectivity index (χ4n) is 6.01. The van der Waals surface area contributed by atoms with Gasteiger partial charge in [-0.15, -0.1) is 10.2 Å². The Kier molecular flexibility index (Phi) is 8.58. The molecule has 2 amide bonds. The van der Waals surface area contributed by atoms with Crippen LogP contribution in [0.25, 0.3) is 0 Å². The number of para-hydroxylation sites is 1. The van der Waals surface area contributed by atoms with Gasteiger partial charge in [0, 0.05) is 36.5 Å². The number of carbonyl (C=O) groups excluding carboxylic acids is 2. The van der Waals surface area contributed by atoms with E-state index >= 15 is 0 Å². The van der Waals surface area contributed by atoms with Crippen LogP contribution in [-0.4, -0.2) is 47.0 Å². The Balaban J connectivity index is 0.000000295. The number of hydrogen-bond acceptors (Lipinski definition) is 6. The second-order valence-corrected chi connectivity index (χ2v) is 13.4. The van der Waals surface area contributed by atoms with E-state index in [4.69, 9.17) is 4.74 Å². The first-order chi connectivity index (χ1) is 22.2. The predicted molar refractivity (Wildman–Crippen MR) is 167 cm³/mol. The third kappa shape index (κ3) is 7.18. The van der Waals surface area contributed by atoms with E-state index in [1.54, 1.807) is 68.3 Å². The van der Waals surface area contributed by atoms with Gasteiger partial charge in [-0.2, -0.15) is 18.3 Å². The Morgan fingerprint density at radius 1 is 1.04 bits per heavy atom. The van der Waals surface area contributed by atoms with Crippen LogP contribution in [0.15, 0.2) is 55.0 Å². The number of aryl methyl sites for hydroxylation is 1. The summed E-state index contributed by atoms with van der Waals surface area (Å²) in [5.41, 5.74) is 0.969. The number of fused-ring (bicyclic) bond motifs is 2. The lowest BCUT2D eigenvalue weighted by atomic mass is 9.83. The molecule has 0 bridgehead atoms. The molecule has 4 aromatic rings. The van der Waals surface area contributed by atoms with E-state index in [1.807, 2.05) is 11.6 Å². The van der Waals surface area contributed by atoms with Crippen LogP contribution >= 0.6 is 0 Å². The number of benzene rings is 2. The number of carbonyl (C=O) groups is 2. The number of hydrogen-bond donors (Lipinski definition) is 0.